The first-order chi connectivity index (χ1) is 6.31. The van der Waals surface area contributed by atoms with E-state index in [0.717, 1.165) is 25.9 Å². The third-order valence-corrected chi connectivity index (χ3v) is 3.77. The van der Waals surface area contributed by atoms with Crippen LogP contribution in [0.4, 0.5) is 0 Å². The zero-order chi connectivity index (χ0) is 10.8. The summed E-state index contributed by atoms with van der Waals surface area (Å²) >= 11 is 0. The summed E-state index contributed by atoms with van der Waals surface area (Å²) in [6, 6.07) is 0. The van der Waals surface area contributed by atoms with Crippen LogP contribution >= 0.6 is 0 Å². The van der Waals surface area contributed by atoms with E-state index in [1.54, 1.807) is 0 Å². The Morgan fingerprint density at radius 3 is 2.50 bits per heavy atom. The maximum atomic E-state index is 11.0. The molecule has 84 valence electrons. The summed E-state index contributed by atoms with van der Waals surface area (Å²) in [7, 11) is -3.41. The summed E-state index contributed by atoms with van der Waals surface area (Å²) in [6.45, 7) is 4.53. The van der Waals surface area contributed by atoms with Gasteiger partial charge in [-0.1, -0.05) is 13.8 Å². The molecule has 2 N–H and O–H groups in total. The highest BCUT2D eigenvalue weighted by Crippen LogP contribution is 2.31. The summed E-state index contributed by atoms with van der Waals surface area (Å²) < 4.78 is 27.6. The van der Waals surface area contributed by atoms with E-state index in [1.807, 2.05) is 13.8 Å². The second kappa shape index (κ2) is 4.16. The second-order valence-corrected chi connectivity index (χ2v) is 6.27. The fraction of sp³-hybridized carbons (Fsp3) is 1.00. The van der Waals surface area contributed by atoms with Gasteiger partial charge in [0.25, 0.3) is 0 Å². The van der Waals surface area contributed by atoms with Gasteiger partial charge in [0.2, 0.25) is 10.0 Å². The smallest absolute Gasteiger partial charge is 0.209 e. The van der Waals surface area contributed by atoms with Crippen LogP contribution < -0.4 is 5.14 Å². The minimum atomic E-state index is -3.41. The van der Waals surface area contributed by atoms with Crippen LogP contribution in [0, 0.1) is 5.41 Å². The van der Waals surface area contributed by atoms with Crippen LogP contribution in [0.15, 0.2) is 0 Å². The lowest BCUT2D eigenvalue weighted by Gasteiger charge is -2.36. The molecule has 0 bridgehead atoms. The molecule has 4 nitrogen and oxygen atoms in total. The normalized spacial score (nSPS) is 24.9. The Morgan fingerprint density at radius 2 is 2.07 bits per heavy atom. The van der Waals surface area contributed by atoms with Gasteiger partial charge in [0.1, 0.15) is 0 Å². The summed E-state index contributed by atoms with van der Waals surface area (Å²) in [4.78, 5) is 0. The zero-order valence-electron chi connectivity index (χ0n) is 8.82. The lowest BCUT2D eigenvalue weighted by atomic mass is 9.84. The molecule has 1 heterocycles. The number of sulfonamides is 1. The number of nitrogens with two attached hydrogens (primary N) is 1. The van der Waals surface area contributed by atoms with E-state index in [9.17, 15) is 8.42 Å². The van der Waals surface area contributed by atoms with Crippen LogP contribution in [0.5, 0.6) is 0 Å². The molecular weight excluding hydrogens is 202 g/mol. The van der Waals surface area contributed by atoms with Crippen molar-refractivity contribution in [3.05, 3.63) is 0 Å². The lowest BCUT2D eigenvalue weighted by molar-refractivity contribution is -0.0461. The largest absolute Gasteiger partial charge is 0.378 e. The Hall–Kier alpha value is -0.130. The lowest BCUT2D eigenvalue weighted by Crippen LogP contribution is -2.41. The SMILES string of the molecule is CC(C)(CS(N)(=O)=O)C1CCCCO1. The fourth-order valence-corrected chi connectivity index (χ4v) is 3.19. The highest BCUT2D eigenvalue weighted by Gasteiger charge is 2.34. The summed E-state index contributed by atoms with van der Waals surface area (Å²) in [6.07, 6.45) is 3.14. The molecule has 0 spiro atoms. The molecule has 1 atom stereocenters. The standard InChI is InChI=1S/C9H19NO3S/c1-9(2,7-14(10,11)12)8-5-3-4-6-13-8/h8H,3-7H2,1-2H3,(H2,10,11,12). The minimum Gasteiger partial charge on any atom is -0.378 e. The predicted molar refractivity (Wildman–Crippen MR) is 55.3 cm³/mol. The molecule has 1 aliphatic rings. The van der Waals surface area contributed by atoms with Gasteiger partial charge >= 0.3 is 0 Å². The first-order valence-electron chi connectivity index (χ1n) is 4.93. The van der Waals surface area contributed by atoms with Gasteiger partial charge in [0.15, 0.2) is 0 Å². The third-order valence-electron chi connectivity index (χ3n) is 2.62. The van der Waals surface area contributed by atoms with Crippen LogP contribution in [0.3, 0.4) is 0 Å². The molecule has 0 aromatic carbocycles. The van der Waals surface area contributed by atoms with Gasteiger partial charge in [-0.2, -0.15) is 0 Å². The average Bonchev–Trinajstić information content (AvgIpc) is 2.01. The van der Waals surface area contributed by atoms with E-state index in [2.05, 4.69) is 0 Å². The molecule has 1 unspecified atom stereocenters. The van der Waals surface area contributed by atoms with Crippen molar-refractivity contribution in [2.45, 2.75) is 39.2 Å². The minimum absolute atomic E-state index is 0.00926. The van der Waals surface area contributed by atoms with E-state index in [4.69, 9.17) is 9.88 Å². The van der Waals surface area contributed by atoms with Gasteiger partial charge in [-0.15, -0.1) is 0 Å². The Morgan fingerprint density at radius 1 is 1.43 bits per heavy atom. The molecule has 1 aliphatic heterocycles. The first-order valence-corrected chi connectivity index (χ1v) is 6.65. The van der Waals surface area contributed by atoms with Gasteiger partial charge < -0.3 is 4.74 Å². The molecule has 1 rings (SSSR count). The molecule has 0 amide bonds. The van der Waals surface area contributed by atoms with Crippen molar-refractivity contribution in [1.29, 1.82) is 0 Å². The van der Waals surface area contributed by atoms with E-state index in [0.29, 0.717) is 0 Å². The van der Waals surface area contributed by atoms with Crippen molar-refractivity contribution in [1.82, 2.24) is 0 Å². The average molecular weight is 221 g/mol. The van der Waals surface area contributed by atoms with E-state index in [1.165, 1.54) is 0 Å². The highest BCUT2D eigenvalue weighted by molar-refractivity contribution is 7.89. The van der Waals surface area contributed by atoms with Gasteiger partial charge in [-0.25, -0.2) is 13.6 Å². The quantitative estimate of drug-likeness (QED) is 0.768. The van der Waals surface area contributed by atoms with Gasteiger partial charge in [0, 0.05) is 12.0 Å². The van der Waals surface area contributed by atoms with Gasteiger partial charge in [-0.3, -0.25) is 0 Å². The Kier molecular flexibility index (Phi) is 3.55. The van der Waals surface area contributed by atoms with Crippen LogP contribution in [0.25, 0.3) is 0 Å². The van der Waals surface area contributed by atoms with Crippen molar-refractivity contribution in [2.24, 2.45) is 10.6 Å². The van der Waals surface area contributed by atoms with E-state index in [-0.39, 0.29) is 17.3 Å². The van der Waals surface area contributed by atoms with Crippen LogP contribution in [-0.2, 0) is 14.8 Å². The first kappa shape index (κ1) is 11.9. The number of rotatable bonds is 3. The van der Waals surface area contributed by atoms with Crippen molar-refractivity contribution < 1.29 is 13.2 Å². The number of ether oxygens (including phenoxy) is 1. The number of hydrogen-bond acceptors (Lipinski definition) is 3. The van der Waals surface area contributed by atoms with Crippen LogP contribution in [0.2, 0.25) is 0 Å². The van der Waals surface area contributed by atoms with Crippen molar-refractivity contribution in [3.8, 4) is 0 Å². The molecule has 0 aromatic heterocycles. The van der Waals surface area contributed by atoms with E-state index >= 15 is 0 Å². The van der Waals surface area contributed by atoms with Crippen molar-refractivity contribution >= 4 is 10.0 Å². The summed E-state index contributed by atoms with van der Waals surface area (Å²) in [5.74, 6) is -0.00926. The Balaban J connectivity index is 2.63. The maximum Gasteiger partial charge on any atom is 0.209 e. The molecule has 14 heavy (non-hydrogen) atoms. The molecule has 1 saturated heterocycles. The molecule has 0 aliphatic carbocycles. The summed E-state index contributed by atoms with van der Waals surface area (Å²) in [5, 5.41) is 5.04. The van der Waals surface area contributed by atoms with E-state index < -0.39 is 10.0 Å². The monoisotopic (exact) mass is 221 g/mol. The van der Waals surface area contributed by atoms with Crippen molar-refractivity contribution in [3.63, 3.8) is 0 Å². The molecule has 0 aromatic rings. The molecule has 1 fully saturated rings. The topological polar surface area (TPSA) is 69.4 Å². The third kappa shape index (κ3) is 3.55. The predicted octanol–water partition coefficient (Wildman–Crippen LogP) is 0.870. The fourth-order valence-electron chi connectivity index (χ4n) is 1.97. The molecule has 5 heteroatoms. The molecule has 0 radical (unpaired) electrons. The Bertz CT molecular complexity index is 278. The maximum absolute atomic E-state index is 11.0. The zero-order valence-corrected chi connectivity index (χ0v) is 9.64. The second-order valence-electron chi connectivity index (χ2n) is 4.65. The molecule has 0 saturated carbocycles. The Labute approximate surface area is 85.9 Å². The van der Waals surface area contributed by atoms with Crippen molar-refractivity contribution in [2.75, 3.05) is 12.4 Å². The number of hydrogen-bond donors (Lipinski definition) is 1. The molecular formula is C9H19NO3S. The highest BCUT2D eigenvalue weighted by atomic mass is 32.2. The van der Waals surface area contributed by atoms with Gasteiger partial charge in [-0.05, 0) is 19.3 Å². The van der Waals surface area contributed by atoms with Crippen LogP contribution in [-0.4, -0.2) is 26.9 Å². The van der Waals surface area contributed by atoms with Crippen LogP contribution in [0.1, 0.15) is 33.1 Å². The summed E-state index contributed by atoms with van der Waals surface area (Å²) in [5.41, 5.74) is -0.381. The number of primary sulfonamides is 1. The van der Waals surface area contributed by atoms with Gasteiger partial charge in [0.05, 0.1) is 11.9 Å².